The molecule has 2 rings (SSSR count). The minimum absolute atomic E-state index is 0.331. The van der Waals surface area contributed by atoms with E-state index in [1.807, 2.05) is 0 Å². The Balaban J connectivity index is 0.000000516. The predicted molar refractivity (Wildman–Crippen MR) is 107 cm³/mol. The number of hydrogen-bond donors (Lipinski definition) is 4. The zero-order chi connectivity index (χ0) is 23.8. The van der Waals surface area contributed by atoms with Crippen molar-refractivity contribution >= 4 is 23.5 Å². The van der Waals surface area contributed by atoms with Gasteiger partial charge in [0.1, 0.15) is 11.6 Å². The second kappa shape index (κ2) is 15.3. The van der Waals surface area contributed by atoms with Crippen LogP contribution < -0.4 is 11.5 Å². The predicted octanol–water partition coefficient (Wildman–Crippen LogP) is 2.60. The Bertz CT molecular complexity index is 938. The number of hydrogen-bond acceptors (Lipinski definition) is 6. The Kier molecular flexibility index (Phi) is 13.6. The standard InChI is InChI=1S/2C9H10FN3O.Mo.2O/c2*1-6(12-13-9(11)14)7-4-2-3-5-8(7)10;;;/h2*2-5H,1H3,(H3,11,13,14);;;/b2*12-6-;;;. The topological polar surface area (TPSA) is 176 Å². The van der Waals surface area contributed by atoms with Gasteiger partial charge in [0.15, 0.2) is 0 Å². The Morgan fingerprint density at radius 3 is 1.29 bits per heavy atom. The number of nitrogens with two attached hydrogens (primary N) is 2. The molecule has 31 heavy (non-hydrogen) atoms. The van der Waals surface area contributed by atoms with Crippen molar-refractivity contribution < 1.29 is 44.3 Å². The van der Waals surface area contributed by atoms with Gasteiger partial charge in [0.05, 0.1) is 11.4 Å². The average Bonchev–Trinajstić information content (AvgIpc) is 2.72. The van der Waals surface area contributed by atoms with E-state index in [9.17, 15) is 8.78 Å². The fourth-order valence-electron chi connectivity index (χ4n) is 1.87. The molecule has 0 spiro atoms. The number of benzene rings is 2. The maximum absolute atomic E-state index is 13.1. The quantitative estimate of drug-likeness (QED) is 0.209. The molecule has 0 atom stereocenters. The molecule has 2 aromatic carbocycles. The monoisotopic (exact) mass is 520 g/mol. The third-order valence-corrected chi connectivity index (χ3v) is 3.13. The fraction of sp³-hybridized carbons (Fsp3) is 0.111. The van der Waals surface area contributed by atoms with Gasteiger partial charge in [-0.05, 0) is 26.0 Å². The van der Waals surface area contributed by atoms with Gasteiger partial charge < -0.3 is 21.7 Å². The van der Waals surface area contributed by atoms with Crippen molar-refractivity contribution in [3.05, 3.63) is 71.3 Å². The summed E-state index contributed by atoms with van der Waals surface area (Å²) in [5.41, 5.74) is 11.1. The van der Waals surface area contributed by atoms with Crippen molar-refractivity contribution in [1.82, 2.24) is 0 Å². The van der Waals surface area contributed by atoms with Crippen LogP contribution in [0.2, 0.25) is 0 Å². The third kappa shape index (κ3) is 11.9. The molecule has 0 unspecified atom stereocenters. The van der Waals surface area contributed by atoms with E-state index in [-0.39, 0.29) is 11.6 Å². The van der Waals surface area contributed by atoms with Gasteiger partial charge in [0, 0.05) is 11.1 Å². The number of nitrogens with zero attached hydrogens (tertiary/aromatic N) is 4. The van der Waals surface area contributed by atoms with E-state index in [0.29, 0.717) is 22.6 Å². The summed E-state index contributed by atoms with van der Waals surface area (Å²) in [7, 11) is 0. The van der Waals surface area contributed by atoms with Crippen molar-refractivity contribution in [3.63, 3.8) is 0 Å². The normalized spacial score (nSPS) is 12.1. The van der Waals surface area contributed by atoms with Crippen LogP contribution in [0.25, 0.3) is 0 Å². The molecule has 2 aromatic rings. The molecular formula is C18H20F2MoN6O4. The van der Waals surface area contributed by atoms with Crippen LogP contribution >= 0.6 is 0 Å². The third-order valence-electron chi connectivity index (χ3n) is 3.13. The second-order valence-corrected chi connectivity index (χ2v) is 5.65. The number of rotatable bonds is 4. The summed E-state index contributed by atoms with van der Waals surface area (Å²) in [6.45, 7) is 3.15. The number of halogens is 2. The Labute approximate surface area is 184 Å². The molecular weight excluding hydrogens is 498 g/mol. The molecule has 0 fully saturated rings. The maximum atomic E-state index is 13.1. The fourth-order valence-corrected chi connectivity index (χ4v) is 1.87. The van der Waals surface area contributed by atoms with Gasteiger partial charge in [-0.3, -0.25) is 0 Å². The van der Waals surface area contributed by atoms with Crippen LogP contribution in [0, 0.1) is 11.6 Å². The van der Waals surface area contributed by atoms with Gasteiger partial charge in [-0.1, -0.05) is 46.6 Å². The van der Waals surface area contributed by atoms with Crippen LogP contribution in [0.4, 0.5) is 8.78 Å². The van der Waals surface area contributed by atoms with Crippen LogP contribution in [0.3, 0.4) is 0 Å². The number of aliphatic hydroxyl groups is 2. The number of amidine groups is 2. The van der Waals surface area contributed by atoms with Crippen LogP contribution in [0.5, 0.6) is 0 Å². The minimum atomic E-state index is -2.03. The van der Waals surface area contributed by atoms with Crippen LogP contribution in [0.1, 0.15) is 25.0 Å². The molecule has 0 saturated carbocycles. The van der Waals surface area contributed by atoms with Gasteiger partial charge in [-0.15, -0.1) is 0 Å². The molecule has 166 valence electrons. The molecule has 0 heterocycles. The van der Waals surface area contributed by atoms with Crippen molar-refractivity contribution in [3.8, 4) is 0 Å². The average molecular weight is 518 g/mol. The molecule has 6 N–H and O–H groups in total. The number of aliphatic hydroxyl groups excluding tert-OH is 2. The van der Waals surface area contributed by atoms with Crippen LogP contribution in [0.15, 0.2) is 68.9 Å². The summed E-state index contributed by atoms with van der Waals surface area (Å²) in [5, 5.41) is 30.6. The second-order valence-electron chi connectivity index (χ2n) is 5.31. The SMILES string of the molecule is C/C(=N/N=C(/N)O)c1ccccc1F.C/C(=N/N=C(/N)O)c1ccccc1F.[O]=[Mo]=[O]. The van der Waals surface area contributed by atoms with E-state index in [4.69, 9.17) is 28.5 Å². The van der Waals surface area contributed by atoms with Crippen molar-refractivity contribution in [2.24, 2.45) is 31.9 Å². The van der Waals surface area contributed by atoms with Crippen LogP contribution in [-0.2, 0) is 25.3 Å². The molecule has 0 aliphatic rings. The van der Waals surface area contributed by atoms with Gasteiger partial charge >= 0.3 is 37.3 Å². The van der Waals surface area contributed by atoms with Crippen LogP contribution in [-0.4, -0.2) is 33.7 Å². The molecule has 13 heteroatoms. The van der Waals surface area contributed by atoms with Gasteiger partial charge in [-0.2, -0.15) is 10.2 Å². The van der Waals surface area contributed by atoms with E-state index in [1.54, 1.807) is 50.2 Å². The van der Waals surface area contributed by atoms with E-state index in [0.717, 1.165) is 0 Å². The van der Waals surface area contributed by atoms with Gasteiger partial charge in [-0.25, -0.2) is 8.78 Å². The molecule has 0 aromatic heterocycles. The first-order chi connectivity index (χ1) is 14.6. The summed E-state index contributed by atoms with van der Waals surface area (Å²) in [6, 6.07) is 11.0. The molecule has 0 aliphatic heterocycles. The van der Waals surface area contributed by atoms with E-state index >= 15 is 0 Å². The summed E-state index contributed by atoms with van der Waals surface area (Å²) in [4.78, 5) is 0. The van der Waals surface area contributed by atoms with E-state index in [1.165, 1.54) is 12.1 Å². The zero-order valence-electron chi connectivity index (χ0n) is 16.4. The van der Waals surface area contributed by atoms with Gasteiger partial charge in [0.25, 0.3) is 0 Å². The Hall–Kier alpha value is -3.53. The van der Waals surface area contributed by atoms with Crippen molar-refractivity contribution in [1.29, 1.82) is 0 Å². The summed E-state index contributed by atoms with van der Waals surface area (Å²) < 4.78 is 43.3. The molecule has 0 radical (unpaired) electrons. The zero-order valence-corrected chi connectivity index (χ0v) is 18.4. The molecule has 0 aliphatic carbocycles. The Morgan fingerprint density at radius 2 is 1.03 bits per heavy atom. The first kappa shape index (κ1) is 27.5. The molecule has 10 nitrogen and oxygen atoms in total. The first-order valence-corrected chi connectivity index (χ1v) is 9.82. The summed E-state index contributed by atoms with van der Waals surface area (Å²) >= 11 is -2.03. The summed E-state index contributed by atoms with van der Waals surface area (Å²) in [6.07, 6.45) is 0. The van der Waals surface area contributed by atoms with Crippen molar-refractivity contribution in [2.45, 2.75) is 13.8 Å². The van der Waals surface area contributed by atoms with E-state index in [2.05, 4.69) is 20.4 Å². The van der Waals surface area contributed by atoms with E-state index < -0.39 is 30.5 Å². The van der Waals surface area contributed by atoms with Gasteiger partial charge in [0.2, 0.25) is 0 Å². The first-order valence-electron chi connectivity index (χ1n) is 8.18. The molecule has 0 amide bonds. The molecule has 0 bridgehead atoms. The van der Waals surface area contributed by atoms with Crippen molar-refractivity contribution in [2.75, 3.05) is 0 Å². The molecule has 0 saturated heterocycles. The Morgan fingerprint density at radius 1 is 0.742 bits per heavy atom. The summed E-state index contributed by atoms with van der Waals surface area (Å²) in [5.74, 6) is -0.777.